The van der Waals surface area contributed by atoms with Gasteiger partial charge in [-0.25, -0.2) is 0 Å². The first-order valence-electron chi connectivity index (χ1n) is 10.4. The second-order valence-electron chi connectivity index (χ2n) is 7.35. The van der Waals surface area contributed by atoms with E-state index in [1.165, 1.54) is 17.7 Å². The number of nitrogens with zero attached hydrogens (tertiary/aromatic N) is 1. The number of hydrogen-bond donors (Lipinski definition) is 0. The van der Waals surface area contributed by atoms with Crippen LogP contribution < -0.4 is 9.47 Å². The monoisotopic (exact) mass is 441 g/mol. The smallest absolute Gasteiger partial charge is 0.269 e. The Morgan fingerprint density at radius 1 is 0.875 bits per heavy atom. The maximum Gasteiger partial charge on any atom is 0.269 e. The lowest BCUT2D eigenvalue weighted by atomic mass is 10.0. The summed E-state index contributed by atoms with van der Waals surface area (Å²) in [5, 5.41) is 10.8. The van der Waals surface area contributed by atoms with Crippen molar-refractivity contribution in [3.8, 4) is 11.5 Å². The van der Waals surface area contributed by atoms with Gasteiger partial charge in [0, 0.05) is 31.9 Å². The minimum atomic E-state index is -0.411. The van der Waals surface area contributed by atoms with Gasteiger partial charge in [0.05, 0.1) is 18.1 Å². The molecule has 0 spiro atoms. The number of benzene rings is 2. The number of non-ortho nitro benzene ring substituents is 1. The number of nitro groups is 1. The van der Waals surface area contributed by atoms with E-state index in [1.807, 2.05) is 24.3 Å². The summed E-state index contributed by atoms with van der Waals surface area (Å²) < 4.78 is 22.3. The van der Waals surface area contributed by atoms with Crippen LogP contribution in [0, 0.1) is 10.1 Å². The molecule has 2 aromatic carbocycles. The van der Waals surface area contributed by atoms with E-state index in [-0.39, 0.29) is 5.69 Å². The Kier molecular flexibility index (Phi) is 10.4. The van der Waals surface area contributed by atoms with E-state index in [0.29, 0.717) is 32.8 Å². The van der Waals surface area contributed by atoms with Crippen LogP contribution in [0.25, 0.3) is 12.2 Å². The highest BCUT2D eigenvalue weighted by Gasteiger charge is 2.13. The van der Waals surface area contributed by atoms with Gasteiger partial charge in [0.2, 0.25) is 0 Å². The van der Waals surface area contributed by atoms with E-state index in [9.17, 15) is 10.1 Å². The Balaban J connectivity index is 2.39. The first-order chi connectivity index (χ1) is 15.4. The van der Waals surface area contributed by atoms with E-state index in [1.54, 1.807) is 26.4 Å². The van der Waals surface area contributed by atoms with Gasteiger partial charge in [-0.15, -0.1) is 0 Å². The molecule has 0 saturated carbocycles. The molecule has 0 aromatic heterocycles. The molecule has 0 aliphatic heterocycles. The molecule has 7 nitrogen and oxygen atoms in total. The predicted octanol–water partition coefficient (Wildman–Crippen LogP) is 5.32. The third kappa shape index (κ3) is 8.17. The van der Waals surface area contributed by atoms with Gasteiger partial charge in [-0.1, -0.05) is 23.8 Å². The molecule has 0 saturated heterocycles. The van der Waals surface area contributed by atoms with Crippen molar-refractivity contribution in [3.63, 3.8) is 0 Å². The summed E-state index contributed by atoms with van der Waals surface area (Å²) in [6.07, 6.45) is 6.64. The van der Waals surface area contributed by atoms with Crippen molar-refractivity contribution in [1.29, 1.82) is 0 Å². The lowest BCUT2D eigenvalue weighted by molar-refractivity contribution is -0.384. The molecular weight excluding hydrogens is 410 g/mol. The molecule has 0 atom stereocenters. The number of ether oxygens (including phenoxy) is 4. The maximum absolute atomic E-state index is 10.8. The van der Waals surface area contributed by atoms with Crippen LogP contribution in [0.1, 0.15) is 30.5 Å². The van der Waals surface area contributed by atoms with Crippen molar-refractivity contribution < 1.29 is 23.9 Å². The predicted molar refractivity (Wildman–Crippen MR) is 126 cm³/mol. The van der Waals surface area contributed by atoms with Gasteiger partial charge < -0.3 is 18.9 Å². The normalized spacial score (nSPS) is 10.9. The molecule has 0 radical (unpaired) electrons. The van der Waals surface area contributed by atoms with Gasteiger partial charge >= 0.3 is 0 Å². The number of nitro benzene ring substituents is 1. The Morgan fingerprint density at radius 2 is 1.41 bits per heavy atom. The van der Waals surface area contributed by atoms with Crippen molar-refractivity contribution in [2.75, 3.05) is 40.6 Å². The topological polar surface area (TPSA) is 80.1 Å². The van der Waals surface area contributed by atoms with Gasteiger partial charge in [0.25, 0.3) is 5.69 Å². The summed E-state index contributed by atoms with van der Waals surface area (Å²) >= 11 is 0. The lowest BCUT2D eigenvalue weighted by Gasteiger charge is -2.17. The molecule has 0 unspecified atom stereocenters. The Bertz CT molecular complexity index is 899. The Hall–Kier alpha value is -3.16. The van der Waals surface area contributed by atoms with Crippen LogP contribution in [0.5, 0.6) is 11.5 Å². The van der Waals surface area contributed by atoms with Gasteiger partial charge in [0.15, 0.2) is 0 Å². The van der Waals surface area contributed by atoms with Crippen molar-refractivity contribution in [2.45, 2.75) is 20.3 Å². The van der Waals surface area contributed by atoms with Crippen molar-refractivity contribution in [1.82, 2.24) is 0 Å². The van der Waals surface area contributed by atoms with E-state index in [0.717, 1.165) is 28.2 Å². The zero-order chi connectivity index (χ0) is 23.3. The zero-order valence-electron chi connectivity index (χ0n) is 19.1. The van der Waals surface area contributed by atoms with Gasteiger partial charge in [-0.2, -0.15) is 0 Å². The summed E-state index contributed by atoms with van der Waals surface area (Å²) in [5.41, 5.74) is 3.98. The van der Waals surface area contributed by atoms with Gasteiger partial charge in [0.1, 0.15) is 24.7 Å². The Morgan fingerprint density at radius 3 is 1.88 bits per heavy atom. The van der Waals surface area contributed by atoms with E-state index in [2.05, 4.69) is 19.9 Å². The largest absolute Gasteiger partial charge is 0.491 e. The van der Waals surface area contributed by atoms with Crippen LogP contribution in [-0.4, -0.2) is 45.6 Å². The van der Waals surface area contributed by atoms with E-state index < -0.39 is 4.92 Å². The van der Waals surface area contributed by atoms with E-state index in [4.69, 9.17) is 18.9 Å². The average Bonchev–Trinajstić information content (AvgIpc) is 2.77. The minimum Gasteiger partial charge on any atom is -0.491 e. The van der Waals surface area contributed by atoms with Crippen LogP contribution in [-0.2, 0) is 15.9 Å². The summed E-state index contributed by atoms with van der Waals surface area (Å²) in [5.74, 6) is 1.47. The maximum atomic E-state index is 10.8. The van der Waals surface area contributed by atoms with Gasteiger partial charge in [-0.3, -0.25) is 10.1 Å². The molecule has 0 N–H and O–H groups in total. The number of rotatable bonds is 13. The van der Waals surface area contributed by atoms with Crippen LogP contribution in [0.4, 0.5) is 5.69 Å². The molecule has 0 fully saturated rings. The van der Waals surface area contributed by atoms with Crippen molar-refractivity contribution in [3.05, 3.63) is 74.9 Å². The summed E-state index contributed by atoms with van der Waals surface area (Å²) in [6, 6.07) is 10.3. The third-order valence-electron chi connectivity index (χ3n) is 4.57. The second-order valence-corrected chi connectivity index (χ2v) is 7.35. The second kappa shape index (κ2) is 13.3. The van der Waals surface area contributed by atoms with Crippen molar-refractivity contribution >= 4 is 17.8 Å². The zero-order valence-corrected chi connectivity index (χ0v) is 19.1. The molecule has 2 rings (SSSR count). The van der Waals surface area contributed by atoms with Crippen LogP contribution in [0.15, 0.2) is 48.0 Å². The third-order valence-corrected chi connectivity index (χ3v) is 4.57. The highest BCUT2D eigenvalue weighted by molar-refractivity contribution is 5.72. The fourth-order valence-electron chi connectivity index (χ4n) is 2.87. The van der Waals surface area contributed by atoms with Crippen molar-refractivity contribution in [2.24, 2.45) is 0 Å². The molecule has 172 valence electrons. The van der Waals surface area contributed by atoms with Crippen LogP contribution in [0.3, 0.4) is 0 Å². The standard InChI is InChI=1S/C25H31NO6/c1-19(2)5-12-23-24(31-15-13-29-3)17-21(18-25(23)32-16-14-30-4)7-6-20-8-10-22(11-9-20)26(27)28/h5-11,17-18H,12-16H2,1-4H3. The first-order valence-corrected chi connectivity index (χ1v) is 10.4. The summed E-state index contributed by atoms with van der Waals surface area (Å²) in [6.45, 7) is 5.91. The molecule has 0 heterocycles. The quantitative estimate of drug-likeness (QED) is 0.138. The summed E-state index contributed by atoms with van der Waals surface area (Å²) in [4.78, 5) is 10.4. The molecule has 0 amide bonds. The Labute approximate surface area is 189 Å². The highest BCUT2D eigenvalue weighted by Crippen LogP contribution is 2.33. The SMILES string of the molecule is COCCOc1cc(C=Cc2ccc([N+](=O)[O-])cc2)cc(OCCOC)c1CC=C(C)C. The molecule has 32 heavy (non-hydrogen) atoms. The number of methoxy groups -OCH3 is 2. The molecule has 0 aliphatic carbocycles. The molecule has 2 aromatic rings. The fraction of sp³-hybridized carbons (Fsp3) is 0.360. The summed E-state index contributed by atoms with van der Waals surface area (Å²) in [7, 11) is 3.27. The van der Waals surface area contributed by atoms with Gasteiger partial charge in [-0.05, 0) is 55.7 Å². The fourth-order valence-corrected chi connectivity index (χ4v) is 2.87. The average molecular weight is 442 g/mol. The molecule has 7 heteroatoms. The van der Waals surface area contributed by atoms with Crippen LogP contribution >= 0.6 is 0 Å². The first kappa shape index (κ1) is 25.1. The molecule has 0 aliphatic rings. The van der Waals surface area contributed by atoms with Crippen LogP contribution in [0.2, 0.25) is 0 Å². The highest BCUT2D eigenvalue weighted by atomic mass is 16.6. The number of hydrogen-bond acceptors (Lipinski definition) is 6. The lowest BCUT2D eigenvalue weighted by Crippen LogP contribution is -2.09. The minimum absolute atomic E-state index is 0.0634. The number of allylic oxidation sites excluding steroid dienone is 2. The molecule has 0 bridgehead atoms. The molecular formula is C25H31NO6. The van der Waals surface area contributed by atoms with E-state index >= 15 is 0 Å².